The minimum absolute atomic E-state index is 0.207. The first-order valence-electron chi connectivity index (χ1n) is 9.83. The van der Waals surface area contributed by atoms with Crippen molar-refractivity contribution in [2.45, 2.75) is 19.5 Å². The van der Waals surface area contributed by atoms with Gasteiger partial charge in [-0.1, -0.05) is 78.4 Å². The zero-order chi connectivity index (χ0) is 22.4. The van der Waals surface area contributed by atoms with E-state index in [0.717, 1.165) is 27.3 Å². The van der Waals surface area contributed by atoms with Crippen LogP contribution in [0.5, 0.6) is 0 Å². The second-order valence-electron chi connectivity index (χ2n) is 7.44. The molecular weight excluding hydrogens is 415 g/mol. The SMILES string of the molecule is Cc1ccc([C@@H](NC(=O)CN(Cc2ccccc2F)S(C)(=O)=O)c2ccccc2)cc1. The Morgan fingerprint density at radius 3 is 2.13 bits per heavy atom. The first-order valence-corrected chi connectivity index (χ1v) is 11.7. The van der Waals surface area contributed by atoms with Crippen LogP contribution in [0.25, 0.3) is 0 Å². The van der Waals surface area contributed by atoms with E-state index in [1.165, 1.54) is 18.2 Å². The van der Waals surface area contributed by atoms with E-state index >= 15 is 0 Å². The van der Waals surface area contributed by atoms with Crippen molar-refractivity contribution in [3.8, 4) is 0 Å². The van der Waals surface area contributed by atoms with Crippen LogP contribution in [0.1, 0.15) is 28.3 Å². The molecular formula is C24H25FN2O3S. The highest BCUT2D eigenvalue weighted by Gasteiger charge is 2.24. The van der Waals surface area contributed by atoms with E-state index in [-0.39, 0.29) is 12.1 Å². The fourth-order valence-electron chi connectivity index (χ4n) is 3.24. The molecule has 0 fully saturated rings. The molecule has 0 spiro atoms. The Morgan fingerprint density at radius 2 is 1.52 bits per heavy atom. The Kier molecular flexibility index (Phi) is 7.20. The zero-order valence-electron chi connectivity index (χ0n) is 17.5. The predicted molar refractivity (Wildman–Crippen MR) is 119 cm³/mol. The third kappa shape index (κ3) is 6.23. The molecule has 0 bridgehead atoms. The van der Waals surface area contributed by atoms with Gasteiger partial charge in [-0.3, -0.25) is 4.79 Å². The minimum Gasteiger partial charge on any atom is -0.344 e. The van der Waals surface area contributed by atoms with Crippen molar-refractivity contribution in [3.63, 3.8) is 0 Å². The molecule has 0 saturated carbocycles. The van der Waals surface area contributed by atoms with Crippen molar-refractivity contribution >= 4 is 15.9 Å². The predicted octanol–water partition coefficient (Wildman–Crippen LogP) is 3.80. The summed E-state index contributed by atoms with van der Waals surface area (Å²) >= 11 is 0. The van der Waals surface area contributed by atoms with Gasteiger partial charge in [0, 0.05) is 12.1 Å². The Hall–Kier alpha value is -3.03. The number of benzene rings is 3. The average Bonchev–Trinajstić information content (AvgIpc) is 2.74. The Balaban J connectivity index is 1.83. The van der Waals surface area contributed by atoms with Crippen LogP contribution in [-0.4, -0.2) is 31.4 Å². The number of nitrogens with zero attached hydrogens (tertiary/aromatic N) is 1. The first kappa shape index (κ1) is 22.7. The van der Waals surface area contributed by atoms with Crippen molar-refractivity contribution in [1.29, 1.82) is 0 Å². The van der Waals surface area contributed by atoms with Crippen LogP contribution < -0.4 is 5.32 Å². The second-order valence-corrected chi connectivity index (χ2v) is 9.43. The van der Waals surface area contributed by atoms with Gasteiger partial charge in [-0.05, 0) is 24.1 Å². The largest absolute Gasteiger partial charge is 0.344 e. The normalized spacial score (nSPS) is 12.5. The highest BCUT2D eigenvalue weighted by atomic mass is 32.2. The zero-order valence-corrected chi connectivity index (χ0v) is 18.3. The highest BCUT2D eigenvalue weighted by Crippen LogP contribution is 2.22. The molecule has 0 aliphatic carbocycles. The third-order valence-corrected chi connectivity index (χ3v) is 6.14. The average molecular weight is 441 g/mol. The number of halogens is 1. The maximum Gasteiger partial charge on any atom is 0.236 e. The smallest absolute Gasteiger partial charge is 0.236 e. The van der Waals surface area contributed by atoms with Crippen LogP contribution in [-0.2, 0) is 21.4 Å². The monoisotopic (exact) mass is 440 g/mol. The van der Waals surface area contributed by atoms with Gasteiger partial charge in [0.2, 0.25) is 15.9 Å². The maximum absolute atomic E-state index is 14.0. The lowest BCUT2D eigenvalue weighted by Crippen LogP contribution is -2.41. The topological polar surface area (TPSA) is 66.5 Å². The molecule has 3 rings (SSSR count). The summed E-state index contributed by atoms with van der Waals surface area (Å²) in [7, 11) is -3.74. The van der Waals surface area contributed by atoms with Crippen LogP contribution in [0.3, 0.4) is 0 Å². The molecule has 0 aromatic heterocycles. The van der Waals surface area contributed by atoms with Gasteiger partial charge in [0.15, 0.2) is 0 Å². The van der Waals surface area contributed by atoms with Crippen LogP contribution in [0.4, 0.5) is 4.39 Å². The van der Waals surface area contributed by atoms with Crippen molar-refractivity contribution in [2.24, 2.45) is 0 Å². The van der Waals surface area contributed by atoms with E-state index in [1.807, 2.05) is 61.5 Å². The summed E-state index contributed by atoms with van der Waals surface area (Å²) in [6, 6.07) is 22.7. The number of amides is 1. The molecule has 0 heterocycles. The van der Waals surface area contributed by atoms with Gasteiger partial charge in [-0.15, -0.1) is 0 Å². The van der Waals surface area contributed by atoms with Gasteiger partial charge in [-0.2, -0.15) is 4.31 Å². The van der Waals surface area contributed by atoms with E-state index in [0.29, 0.717) is 0 Å². The number of carbonyl (C=O) groups excluding carboxylic acids is 1. The fourth-order valence-corrected chi connectivity index (χ4v) is 3.96. The van der Waals surface area contributed by atoms with E-state index in [1.54, 1.807) is 6.07 Å². The van der Waals surface area contributed by atoms with Crippen molar-refractivity contribution in [2.75, 3.05) is 12.8 Å². The number of carbonyl (C=O) groups is 1. The van der Waals surface area contributed by atoms with Crippen LogP contribution in [0.2, 0.25) is 0 Å². The Labute approximate surface area is 182 Å². The van der Waals surface area contributed by atoms with E-state index < -0.39 is 34.3 Å². The van der Waals surface area contributed by atoms with Crippen molar-refractivity contribution in [3.05, 3.63) is 107 Å². The van der Waals surface area contributed by atoms with E-state index in [2.05, 4.69) is 5.32 Å². The molecule has 1 atom stereocenters. The van der Waals surface area contributed by atoms with Gasteiger partial charge in [0.25, 0.3) is 0 Å². The van der Waals surface area contributed by atoms with Gasteiger partial charge in [0.1, 0.15) is 5.82 Å². The molecule has 162 valence electrons. The quantitative estimate of drug-likeness (QED) is 0.579. The molecule has 1 amide bonds. The summed E-state index contributed by atoms with van der Waals surface area (Å²) < 4.78 is 39.5. The Morgan fingerprint density at radius 1 is 0.935 bits per heavy atom. The maximum atomic E-state index is 14.0. The highest BCUT2D eigenvalue weighted by molar-refractivity contribution is 7.88. The second kappa shape index (κ2) is 9.85. The molecule has 0 unspecified atom stereocenters. The minimum atomic E-state index is -3.74. The summed E-state index contributed by atoms with van der Waals surface area (Å²) in [5.41, 5.74) is 3.05. The molecule has 0 radical (unpaired) electrons. The standard InChI is InChI=1S/C24H25FN2O3S/c1-18-12-14-20(15-13-18)24(19-8-4-3-5-9-19)26-23(28)17-27(31(2,29)30)16-21-10-6-7-11-22(21)25/h3-15,24H,16-17H2,1-2H3,(H,26,28)/t24-/m0/s1. The number of rotatable bonds is 8. The number of sulfonamides is 1. The molecule has 5 nitrogen and oxygen atoms in total. The molecule has 31 heavy (non-hydrogen) atoms. The summed E-state index contributed by atoms with van der Waals surface area (Å²) in [6.45, 7) is 1.34. The molecule has 7 heteroatoms. The number of hydrogen-bond donors (Lipinski definition) is 1. The lowest BCUT2D eigenvalue weighted by atomic mass is 9.98. The first-order chi connectivity index (χ1) is 14.7. The number of aryl methyl sites for hydroxylation is 1. The summed E-state index contributed by atoms with van der Waals surface area (Å²) in [5.74, 6) is -0.991. The number of hydrogen-bond acceptors (Lipinski definition) is 3. The van der Waals surface area contributed by atoms with Crippen LogP contribution in [0, 0.1) is 12.7 Å². The molecule has 0 aliphatic rings. The summed E-state index contributed by atoms with van der Waals surface area (Å²) in [4.78, 5) is 12.9. The van der Waals surface area contributed by atoms with Gasteiger partial charge in [-0.25, -0.2) is 12.8 Å². The third-order valence-electron chi connectivity index (χ3n) is 4.94. The Bertz CT molecular complexity index is 1130. The van der Waals surface area contributed by atoms with E-state index in [9.17, 15) is 17.6 Å². The molecule has 0 aliphatic heterocycles. The van der Waals surface area contributed by atoms with Gasteiger partial charge < -0.3 is 5.32 Å². The van der Waals surface area contributed by atoms with E-state index in [4.69, 9.17) is 0 Å². The molecule has 3 aromatic rings. The van der Waals surface area contributed by atoms with Gasteiger partial charge in [0.05, 0.1) is 18.8 Å². The van der Waals surface area contributed by atoms with Gasteiger partial charge >= 0.3 is 0 Å². The van der Waals surface area contributed by atoms with Crippen LogP contribution in [0.15, 0.2) is 78.9 Å². The molecule has 1 N–H and O–H groups in total. The summed E-state index contributed by atoms with van der Waals surface area (Å²) in [5, 5.41) is 2.93. The molecule has 0 saturated heterocycles. The molecule has 3 aromatic carbocycles. The van der Waals surface area contributed by atoms with Crippen molar-refractivity contribution in [1.82, 2.24) is 9.62 Å². The lowest BCUT2D eigenvalue weighted by Gasteiger charge is -2.24. The van der Waals surface area contributed by atoms with Crippen molar-refractivity contribution < 1.29 is 17.6 Å². The number of nitrogens with one attached hydrogen (secondary N) is 1. The van der Waals surface area contributed by atoms with Crippen LogP contribution >= 0.6 is 0 Å². The summed E-state index contributed by atoms with van der Waals surface area (Å²) in [6.07, 6.45) is 1.01. The lowest BCUT2D eigenvalue weighted by molar-refractivity contribution is -0.121. The fraction of sp³-hybridized carbons (Fsp3) is 0.208.